The van der Waals surface area contributed by atoms with Crippen molar-refractivity contribution in [3.63, 3.8) is 0 Å². The van der Waals surface area contributed by atoms with Crippen molar-refractivity contribution >= 4 is 40.8 Å². The predicted molar refractivity (Wildman–Crippen MR) is 242 cm³/mol. The van der Waals surface area contributed by atoms with E-state index in [9.17, 15) is 14.7 Å². The van der Waals surface area contributed by atoms with Crippen LogP contribution in [0.25, 0.3) is 11.1 Å². The fourth-order valence-electron chi connectivity index (χ4n) is 8.89. The van der Waals surface area contributed by atoms with Crippen LogP contribution < -0.4 is 19.7 Å². The first-order valence-electron chi connectivity index (χ1n) is 21.5. The summed E-state index contributed by atoms with van der Waals surface area (Å²) in [5.41, 5.74) is 10.3. The SMILES string of the molecule is CC[C@@H](Oc1ccc([C@H]2CCN(C)c3cc4c(cc3O2)CN(CC2CCC2)[C@H](C(=O)N[C@@H](Cc2ccc(-c3ccnc(C)c3C)cc2)C(=O)O)C4)cc1)c1ccc(Cl)c(Cl)c1. The zero-order chi connectivity index (χ0) is 42.8. The number of nitrogens with one attached hydrogen (secondary N) is 1. The quantitative estimate of drug-likeness (QED) is 0.121. The molecule has 1 saturated carbocycles. The number of benzene rings is 4. The highest BCUT2D eigenvalue weighted by Crippen LogP contribution is 2.42. The van der Waals surface area contributed by atoms with E-state index in [4.69, 9.17) is 32.7 Å². The minimum absolute atomic E-state index is 0.158. The van der Waals surface area contributed by atoms with Crippen LogP contribution in [0.2, 0.25) is 10.0 Å². The van der Waals surface area contributed by atoms with Gasteiger partial charge in [-0.2, -0.15) is 0 Å². The summed E-state index contributed by atoms with van der Waals surface area (Å²) in [6.45, 7) is 8.29. The number of rotatable bonds is 13. The second-order valence-electron chi connectivity index (χ2n) is 17.0. The van der Waals surface area contributed by atoms with E-state index >= 15 is 0 Å². The molecule has 0 spiro atoms. The van der Waals surface area contributed by atoms with Gasteiger partial charge in [-0.3, -0.25) is 14.7 Å². The number of hydrogen-bond donors (Lipinski definition) is 2. The van der Waals surface area contributed by atoms with E-state index in [0.29, 0.717) is 28.9 Å². The fraction of sp³-hybridized carbons (Fsp3) is 0.380. The van der Waals surface area contributed by atoms with Crippen LogP contribution in [0, 0.1) is 19.8 Å². The molecule has 318 valence electrons. The largest absolute Gasteiger partial charge is 0.486 e. The van der Waals surface area contributed by atoms with Crippen molar-refractivity contribution in [2.24, 2.45) is 5.92 Å². The summed E-state index contributed by atoms with van der Waals surface area (Å²) in [4.78, 5) is 35.8. The normalized spacial score (nSPS) is 18.8. The Morgan fingerprint density at radius 3 is 2.41 bits per heavy atom. The van der Waals surface area contributed by atoms with Gasteiger partial charge in [-0.25, -0.2) is 4.79 Å². The van der Waals surface area contributed by atoms with Gasteiger partial charge in [-0.05, 0) is 132 Å². The van der Waals surface area contributed by atoms with Gasteiger partial charge in [0.2, 0.25) is 5.91 Å². The van der Waals surface area contributed by atoms with Crippen molar-refractivity contribution < 1.29 is 24.2 Å². The van der Waals surface area contributed by atoms with Crippen LogP contribution in [0.5, 0.6) is 11.5 Å². The van der Waals surface area contributed by atoms with Gasteiger partial charge in [-0.1, -0.05) is 79.0 Å². The summed E-state index contributed by atoms with van der Waals surface area (Å²) < 4.78 is 13.2. The Morgan fingerprint density at radius 1 is 0.951 bits per heavy atom. The first-order chi connectivity index (χ1) is 29.4. The van der Waals surface area contributed by atoms with Gasteiger partial charge in [-0.15, -0.1) is 0 Å². The van der Waals surface area contributed by atoms with E-state index in [1.807, 2.05) is 61.5 Å². The van der Waals surface area contributed by atoms with Gasteiger partial charge in [0.05, 0.1) is 21.8 Å². The Kier molecular flexibility index (Phi) is 12.9. The number of halogens is 2. The van der Waals surface area contributed by atoms with Crippen LogP contribution in [-0.4, -0.2) is 59.1 Å². The van der Waals surface area contributed by atoms with Crippen molar-refractivity contribution in [1.82, 2.24) is 15.2 Å². The van der Waals surface area contributed by atoms with Crippen molar-refractivity contribution in [3.05, 3.63) is 140 Å². The molecule has 2 N–H and O–H groups in total. The molecule has 1 aliphatic carbocycles. The molecule has 3 heterocycles. The summed E-state index contributed by atoms with van der Waals surface area (Å²) in [5.74, 6) is 0.824. The number of carbonyl (C=O) groups is 2. The standard InChI is InChI=1S/C50H54Cl2N4O5/c1-5-46(36-15-18-41(51)42(52)24-36)60-39-16-13-35(14-17-39)47-20-22-55(4)44-25-37-26-45(56(28-33-7-6-8-33)29-38(37)27-48(44)61-47)49(57)54-43(50(58)59)23-32-9-11-34(12-10-32)40-19-21-53-31(3)30(40)2/h9-19,21,24-25,27,33,43,45-47H,5-8,20,22-23,26,28-29H2,1-4H3,(H,54,57)(H,58,59)/t43-,45-,46+,47+/m0/s1. The molecule has 2 aliphatic heterocycles. The molecule has 0 saturated heterocycles. The number of nitrogens with zero attached hydrogens (tertiary/aromatic N) is 3. The summed E-state index contributed by atoms with van der Waals surface area (Å²) >= 11 is 12.5. The van der Waals surface area contributed by atoms with Crippen molar-refractivity contribution in [1.29, 1.82) is 0 Å². The van der Waals surface area contributed by atoms with Crippen LogP contribution in [0.1, 0.15) is 90.3 Å². The minimum Gasteiger partial charge on any atom is -0.486 e. The number of amides is 1. The highest BCUT2D eigenvalue weighted by molar-refractivity contribution is 6.42. The predicted octanol–water partition coefficient (Wildman–Crippen LogP) is 10.5. The maximum Gasteiger partial charge on any atom is 0.326 e. The Balaban J connectivity index is 0.973. The van der Waals surface area contributed by atoms with E-state index in [0.717, 1.165) is 106 Å². The summed E-state index contributed by atoms with van der Waals surface area (Å²) in [7, 11) is 2.08. The molecule has 1 aromatic heterocycles. The third-order valence-corrected chi connectivity index (χ3v) is 13.7. The molecule has 3 aliphatic rings. The zero-order valence-corrected chi connectivity index (χ0v) is 36.8. The fourth-order valence-corrected chi connectivity index (χ4v) is 9.19. The lowest BCUT2D eigenvalue weighted by atomic mass is 9.83. The Morgan fingerprint density at radius 2 is 1.72 bits per heavy atom. The van der Waals surface area contributed by atoms with E-state index in [1.54, 1.807) is 12.3 Å². The molecule has 11 heteroatoms. The molecular weight excluding hydrogens is 807 g/mol. The number of fused-ring (bicyclic) bond motifs is 2. The second-order valence-corrected chi connectivity index (χ2v) is 17.8. The van der Waals surface area contributed by atoms with Gasteiger partial charge in [0, 0.05) is 51.4 Å². The van der Waals surface area contributed by atoms with Crippen molar-refractivity contribution in [3.8, 4) is 22.6 Å². The monoisotopic (exact) mass is 860 g/mol. The lowest BCUT2D eigenvalue weighted by Crippen LogP contribution is -2.55. The smallest absolute Gasteiger partial charge is 0.326 e. The molecule has 1 amide bonds. The summed E-state index contributed by atoms with van der Waals surface area (Å²) in [6.07, 6.45) is 7.21. The molecule has 61 heavy (non-hydrogen) atoms. The van der Waals surface area contributed by atoms with E-state index in [1.165, 1.54) is 6.42 Å². The third-order valence-electron chi connectivity index (χ3n) is 12.9. The van der Waals surface area contributed by atoms with E-state index in [-0.39, 0.29) is 24.5 Å². The van der Waals surface area contributed by atoms with E-state index < -0.39 is 18.1 Å². The molecule has 5 aromatic rings. The summed E-state index contributed by atoms with van der Waals surface area (Å²) in [6, 6.07) is 26.5. The van der Waals surface area contributed by atoms with Crippen LogP contribution >= 0.6 is 23.2 Å². The number of hydrogen-bond acceptors (Lipinski definition) is 7. The second kappa shape index (κ2) is 18.5. The molecule has 4 aromatic carbocycles. The molecule has 0 unspecified atom stereocenters. The average molecular weight is 862 g/mol. The highest BCUT2D eigenvalue weighted by atomic mass is 35.5. The number of aryl methyl sites for hydroxylation is 1. The van der Waals surface area contributed by atoms with Crippen LogP contribution in [0.4, 0.5) is 5.69 Å². The number of carboxylic acid groups (broad SMARTS) is 1. The number of carboxylic acids is 1. The topological polar surface area (TPSA) is 104 Å². The maximum absolute atomic E-state index is 14.2. The zero-order valence-electron chi connectivity index (χ0n) is 35.3. The van der Waals surface area contributed by atoms with Gasteiger partial charge >= 0.3 is 5.97 Å². The van der Waals surface area contributed by atoms with Gasteiger partial charge in [0.15, 0.2) is 0 Å². The van der Waals surface area contributed by atoms with Gasteiger partial charge < -0.3 is 24.8 Å². The number of anilines is 1. The molecular formula is C50H54Cl2N4O5. The van der Waals surface area contributed by atoms with Crippen molar-refractivity contribution in [2.45, 2.75) is 96.6 Å². The first-order valence-corrected chi connectivity index (χ1v) is 22.2. The first kappa shape index (κ1) is 42.6. The number of ether oxygens (including phenoxy) is 2. The number of aliphatic carboxylic acids is 1. The Labute approximate surface area is 369 Å². The summed E-state index contributed by atoms with van der Waals surface area (Å²) in [5, 5.41) is 14.3. The van der Waals surface area contributed by atoms with Crippen LogP contribution in [-0.2, 0) is 29.0 Å². The third kappa shape index (κ3) is 9.54. The highest BCUT2D eigenvalue weighted by Gasteiger charge is 2.37. The van der Waals surface area contributed by atoms with Crippen molar-refractivity contribution in [2.75, 3.05) is 25.0 Å². The Hall–Kier alpha value is -5.09. The maximum atomic E-state index is 14.2. The molecule has 4 atom stereocenters. The molecule has 0 bridgehead atoms. The minimum atomic E-state index is -1.06. The number of aromatic nitrogens is 1. The molecule has 0 radical (unpaired) electrons. The Bertz CT molecular complexity index is 2390. The van der Waals surface area contributed by atoms with Gasteiger partial charge in [0.25, 0.3) is 0 Å². The number of carbonyl (C=O) groups excluding carboxylic acids is 1. The lowest BCUT2D eigenvalue weighted by Gasteiger charge is -2.40. The number of pyridine rings is 1. The van der Waals surface area contributed by atoms with Crippen LogP contribution in [0.15, 0.2) is 91.1 Å². The van der Waals surface area contributed by atoms with Crippen LogP contribution in [0.3, 0.4) is 0 Å². The van der Waals surface area contributed by atoms with E-state index in [2.05, 4.69) is 65.3 Å². The molecule has 9 nitrogen and oxygen atoms in total. The molecule has 8 rings (SSSR count). The van der Waals surface area contributed by atoms with Gasteiger partial charge in [0.1, 0.15) is 29.7 Å². The molecule has 1 fully saturated rings. The lowest BCUT2D eigenvalue weighted by molar-refractivity contribution is -0.143. The average Bonchev–Trinajstić information content (AvgIpc) is 3.40.